The zero-order valence-electron chi connectivity index (χ0n) is 18.0. The number of benzene rings is 2. The Kier molecular flexibility index (Phi) is 6.05. The minimum atomic E-state index is -2.98. The summed E-state index contributed by atoms with van der Waals surface area (Å²) in [6.45, 7) is 1.34. The van der Waals surface area contributed by atoms with Crippen molar-refractivity contribution < 1.29 is 33.0 Å². The summed E-state index contributed by atoms with van der Waals surface area (Å²) in [7, 11) is 0. The molecule has 1 unspecified atom stereocenters. The summed E-state index contributed by atoms with van der Waals surface area (Å²) in [4.78, 5) is 36.9. The summed E-state index contributed by atoms with van der Waals surface area (Å²) in [5.41, 5.74) is 3.00. The molecule has 0 bridgehead atoms. The van der Waals surface area contributed by atoms with Gasteiger partial charge in [0.1, 0.15) is 12.6 Å². The zero-order chi connectivity index (χ0) is 23.8. The van der Waals surface area contributed by atoms with Crippen LogP contribution in [0.2, 0.25) is 0 Å². The number of hydrogen-bond acceptors (Lipinski definition) is 4. The lowest BCUT2D eigenvalue weighted by atomic mass is 9.82. The lowest BCUT2D eigenvalue weighted by molar-refractivity contribution is -0.164. The first-order valence-electron chi connectivity index (χ1n) is 10.6. The maximum absolute atomic E-state index is 13.5. The van der Waals surface area contributed by atoms with Crippen LogP contribution in [0.15, 0.2) is 48.5 Å². The molecule has 7 nitrogen and oxygen atoms in total. The maximum Gasteiger partial charge on any atom is 0.407 e. The summed E-state index contributed by atoms with van der Waals surface area (Å²) in [6, 6.07) is 13.8. The van der Waals surface area contributed by atoms with E-state index in [2.05, 4.69) is 5.32 Å². The Labute approximate surface area is 189 Å². The first-order valence-corrected chi connectivity index (χ1v) is 10.6. The highest BCUT2D eigenvalue weighted by Crippen LogP contribution is 2.44. The monoisotopic (exact) mass is 458 g/mol. The van der Waals surface area contributed by atoms with Crippen LogP contribution in [0, 0.1) is 5.41 Å². The van der Waals surface area contributed by atoms with E-state index in [4.69, 9.17) is 9.84 Å². The average Bonchev–Trinajstić information content (AvgIpc) is 3.08. The van der Waals surface area contributed by atoms with Crippen LogP contribution in [-0.4, -0.2) is 60.1 Å². The number of nitrogens with one attached hydrogen (secondary N) is 1. The van der Waals surface area contributed by atoms with Crippen molar-refractivity contribution in [2.75, 3.05) is 19.7 Å². The van der Waals surface area contributed by atoms with Gasteiger partial charge in [-0.3, -0.25) is 9.59 Å². The summed E-state index contributed by atoms with van der Waals surface area (Å²) in [5, 5.41) is 11.2. The third-order valence-corrected chi connectivity index (χ3v) is 6.29. The fraction of sp³-hybridized carbons (Fsp3) is 0.375. The second-order valence-electron chi connectivity index (χ2n) is 8.73. The molecule has 2 aromatic rings. The highest BCUT2D eigenvalue weighted by molar-refractivity contribution is 5.84. The number of carboxylic acids is 1. The van der Waals surface area contributed by atoms with E-state index in [1.54, 1.807) is 0 Å². The van der Waals surface area contributed by atoms with E-state index in [9.17, 15) is 23.2 Å². The van der Waals surface area contributed by atoms with Gasteiger partial charge in [0.15, 0.2) is 0 Å². The van der Waals surface area contributed by atoms with Gasteiger partial charge in [0, 0.05) is 19.0 Å². The van der Waals surface area contributed by atoms with Crippen LogP contribution in [0.3, 0.4) is 0 Å². The Bertz CT molecular complexity index is 1040. The van der Waals surface area contributed by atoms with Crippen molar-refractivity contribution in [1.82, 2.24) is 10.2 Å². The third-order valence-electron chi connectivity index (χ3n) is 6.29. The van der Waals surface area contributed by atoms with Crippen LogP contribution in [0.5, 0.6) is 0 Å². The molecular weight excluding hydrogens is 434 g/mol. The van der Waals surface area contributed by atoms with Gasteiger partial charge in [-0.15, -0.1) is 0 Å². The predicted molar refractivity (Wildman–Crippen MR) is 115 cm³/mol. The van der Waals surface area contributed by atoms with Gasteiger partial charge in [0.25, 0.3) is 6.43 Å². The van der Waals surface area contributed by atoms with E-state index >= 15 is 0 Å². The average molecular weight is 458 g/mol. The fourth-order valence-corrected chi connectivity index (χ4v) is 4.42. The minimum absolute atomic E-state index is 0.0349. The Morgan fingerprint density at radius 3 is 2.15 bits per heavy atom. The molecule has 1 heterocycles. The van der Waals surface area contributed by atoms with E-state index in [0.717, 1.165) is 22.3 Å². The standard InChI is InChI=1S/C24H24F2N2O5/c1-24(22(30)31)12-28(13-24)20(29)10-19(21(25)26)27-23(32)33-11-18-16-8-4-2-6-14(16)15-7-3-5-9-17(15)18/h2-9,18-19,21H,10-13H2,1H3,(H,27,32)(H,30,31). The molecule has 2 amide bonds. The van der Waals surface area contributed by atoms with Gasteiger partial charge in [-0.1, -0.05) is 48.5 Å². The molecule has 1 fully saturated rings. The van der Waals surface area contributed by atoms with Gasteiger partial charge in [-0.2, -0.15) is 0 Å². The molecule has 174 valence electrons. The van der Waals surface area contributed by atoms with Crippen molar-refractivity contribution in [1.29, 1.82) is 0 Å². The van der Waals surface area contributed by atoms with Crippen LogP contribution in [0.4, 0.5) is 13.6 Å². The molecule has 0 aromatic heterocycles. The van der Waals surface area contributed by atoms with E-state index in [1.807, 2.05) is 48.5 Å². The molecular formula is C24H24F2N2O5. The molecule has 1 saturated heterocycles. The lowest BCUT2D eigenvalue weighted by Gasteiger charge is -2.45. The number of halogens is 2. The van der Waals surface area contributed by atoms with Crippen LogP contribution < -0.4 is 5.32 Å². The van der Waals surface area contributed by atoms with Crippen molar-refractivity contribution in [2.24, 2.45) is 5.41 Å². The van der Waals surface area contributed by atoms with E-state index in [0.29, 0.717) is 0 Å². The number of ether oxygens (including phenoxy) is 1. The number of hydrogen-bond donors (Lipinski definition) is 2. The Morgan fingerprint density at radius 2 is 1.64 bits per heavy atom. The molecule has 0 spiro atoms. The number of carbonyl (C=O) groups excluding carboxylic acids is 2. The van der Waals surface area contributed by atoms with Gasteiger partial charge >= 0.3 is 12.1 Å². The summed E-state index contributed by atoms with van der Waals surface area (Å²) < 4.78 is 32.3. The molecule has 1 atom stereocenters. The molecule has 0 radical (unpaired) electrons. The second kappa shape index (κ2) is 8.80. The third kappa shape index (κ3) is 4.40. The number of rotatable bonds is 7. The number of likely N-dealkylation sites (tertiary alicyclic amines) is 1. The molecule has 1 aliphatic heterocycles. The zero-order valence-corrected chi connectivity index (χ0v) is 18.0. The lowest BCUT2D eigenvalue weighted by Crippen LogP contribution is -2.61. The van der Waals surface area contributed by atoms with Gasteiger partial charge in [0.05, 0.1) is 11.8 Å². The highest BCUT2D eigenvalue weighted by Gasteiger charge is 2.47. The molecule has 2 aromatic carbocycles. The molecule has 0 saturated carbocycles. The maximum atomic E-state index is 13.5. The number of amides is 2. The number of aliphatic carboxylic acids is 1. The molecule has 2 aliphatic rings. The van der Waals surface area contributed by atoms with Gasteiger partial charge in [-0.25, -0.2) is 13.6 Å². The molecule has 1 aliphatic carbocycles. The molecule has 2 N–H and O–H groups in total. The van der Waals surface area contributed by atoms with Gasteiger partial charge < -0.3 is 20.1 Å². The van der Waals surface area contributed by atoms with E-state index in [1.165, 1.54) is 11.8 Å². The Morgan fingerprint density at radius 1 is 1.09 bits per heavy atom. The topological polar surface area (TPSA) is 95.9 Å². The fourth-order valence-electron chi connectivity index (χ4n) is 4.42. The van der Waals surface area contributed by atoms with Crippen molar-refractivity contribution in [3.63, 3.8) is 0 Å². The van der Waals surface area contributed by atoms with Gasteiger partial charge in [0.2, 0.25) is 5.91 Å². The summed E-state index contributed by atoms with van der Waals surface area (Å²) in [5.74, 6) is -1.91. The Hall–Kier alpha value is -3.49. The predicted octanol–water partition coefficient (Wildman–Crippen LogP) is 3.48. The van der Waals surface area contributed by atoms with Crippen LogP contribution in [-0.2, 0) is 14.3 Å². The first-order chi connectivity index (χ1) is 15.7. The SMILES string of the molecule is CC1(C(=O)O)CN(C(=O)CC(NC(=O)OCC2c3ccccc3-c3ccccc32)C(F)F)C1. The van der Waals surface area contributed by atoms with Crippen LogP contribution in [0.1, 0.15) is 30.4 Å². The second-order valence-corrected chi connectivity index (χ2v) is 8.73. The van der Waals surface area contributed by atoms with E-state index < -0.39 is 42.3 Å². The number of fused-ring (bicyclic) bond motifs is 3. The summed E-state index contributed by atoms with van der Waals surface area (Å²) >= 11 is 0. The van der Waals surface area contributed by atoms with Crippen molar-refractivity contribution in [2.45, 2.75) is 31.7 Å². The summed E-state index contributed by atoms with van der Waals surface area (Å²) in [6.07, 6.45) is -4.66. The first kappa shape index (κ1) is 22.7. The van der Waals surface area contributed by atoms with Crippen molar-refractivity contribution in [3.05, 3.63) is 59.7 Å². The number of carbonyl (C=O) groups is 3. The molecule has 4 rings (SSSR count). The van der Waals surface area contributed by atoms with E-state index in [-0.39, 0.29) is 25.6 Å². The van der Waals surface area contributed by atoms with Crippen LogP contribution in [0.25, 0.3) is 11.1 Å². The highest BCUT2D eigenvalue weighted by atomic mass is 19.3. The number of alkyl halides is 2. The van der Waals surface area contributed by atoms with Gasteiger partial charge in [-0.05, 0) is 29.2 Å². The minimum Gasteiger partial charge on any atom is -0.481 e. The molecule has 33 heavy (non-hydrogen) atoms. The Balaban J connectivity index is 1.35. The quantitative estimate of drug-likeness (QED) is 0.662. The molecule has 9 heteroatoms. The van der Waals surface area contributed by atoms with Crippen molar-refractivity contribution in [3.8, 4) is 11.1 Å². The number of nitrogens with zero attached hydrogens (tertiary/aromatic N) is 1. The number of carboxylic acid groups (broad SMARTS) is 1. The largest absolute Gasteiger partial charge is 0.481 e. The normalized spacial score (nSPS) is 17.0. The van der Waals surface area contributed by atoms with Crippen molar-refractivity contribution >= 4 is 18.0 Å². The van der Waals surface area contributed by atoms with Crippen LogP contribution >= 0.6 is 0 Å². The number of alkyl carbamates (subject to hydrolysis) is 1. The smallest absolute Gasteiger partial charge is 0.407 e.